The smallest absolute Gasteiger partial charge is 0.410 e. The van der Waals surface area contributed by atoms with Crippen LogP contribution in [0.3, 0.4) is 0 Å². The van der Waals surface area contributed by atoms with Crippen molar-refractivity contribution in [2.24, 2.45) is 0 Å². The molecule has 1 saturated heterocycles. The van der Waals surface area contributed by atoms with E-state index >= 15 is 0 Å². The van der Waals surface area contributed by atoms with Crippen LogP contribution in [0.5, 0.6) is 0 Å². The van der Waals surface area contributed by atoms with E-state index < -0.39 is 0 Å². The first-order valence-electron chi connectivity index (χ1n) is 7.41. The number of amides is 2. The first-order valence-corrected chi connectivity index (χ1v) is 7.41. The highest BCUT2D eigenvalue weighted by molar-refractivity contribution is 5.97. The summed E-state index contributed by atoms with van der Waals surface area (Å²) < 4.78 is 5.15. The van der Waals surface area contributed by atoms with Crippen molar-refractivity contribution >= 4 is 17.7 Å². The molecule has 1 heterocycles. The summed E-state index contributed by atoms with van der Waals surface area (Å²) in [7, 11) is 0. The summed E-state index contributed by atoms with van der Waals surface area (Å²) in [6.07, 6.45) is 1.44. The lowest BCUT2D eigenvalue weighted by atomic mass is 10.1. The zero-order valence-electron chi connectivity index (χ0n) is 12.7. The minimum absolute atomic E-state index is 0.0667. The number of benzene rings is 1. The molecule has 1 aromatic rings. The molecule has 0 N–H and O–H groups in total. The number of unbranched alkanes of at least 4 members (excludes halogenated alkanes) is 1. The first kappa shape index (κ1) is 15.4. The number of ether oxygens (including phenoxy) is 1. The number of nitrogens with zero attached hydrogens (tertiary/aromatic N) is 2. The summed E-state index contributed by atoms with van der Waals surface area (Å²) in [5.41, 5.74) is 1.98. The molecule has 0 saturated carbocycles. The zero-order valence-corrected chi connectivity index (χ0v) is 12.7. The van der Waals surface area contributed by atoms with Crippen LogP contribution in [0.4, 0.5) is 10.5 Å². The van der Waals surface area contributed by atoms with Gasteiger partial charge in [0, 0.05) is 18.8 Å². The van der Waals surface area contributed by atoms with Gasteiger partial charge in [0.2, 0.25) is 5.91 Å². The monoisotopic (exact) mass is 290 g/mol. The van der Waals surface area contributed by atoms with Crippen LogP contribution in [0.2, 0.25) is 0 Å². The van der Waals surface area contributed by atoms with Crippen LogP contribution >= 0.6 is 0 Å². The minimum Gasteiger partial charge on any atom is -0.449 e. The highest BCUT2D eigenvalue weighted by Crippen LogP contribution is 2.21. The van der Waals surface area contributed by atoms with E-state index in [0.717, 1.165) is 24.1 Å². The van der Waals surface area contributed by atoms with Crippen LogP contribution in [0, 0.1) is 6.92 Å². The number of hydrogen-bond donors (Lipinski definition) is 0. The third-order valence-corrected chi connectivity index (χ3v) is 3.61. The number of rotatable bonds is 4. The van der Waals surface area contributed by atoms with E-state index in [-0.39, 0.29) is 18.5 Å². The molecule has 1 fully saturated rings. The van der Waals surface area contributed by atoms with Gasteiger partial charge >= 0.3 is 6.09 Å². The van der Waals surface area contributed by atoms with Crippen molar-refractivity contribution in [3.05, 3.63) is 29.8 Å². The van der Waals surface area contributed by atoms with Crippen molar-refractivity contribution < 1.29 is 14.3 Å². The van der Waals surface area contributed by atoms with Gasteiger partial charge in [0.25, 0.3) is 0 Å². The summed E-state index contributed by atoms with van der Waals surface area (Å²) >= 11 is 0. The van der Waals surface area contributed by atoms with Gasteiger partial charge in [-0.15, -0.1) is 0 Å². The molecule has 0 aliphatic carbocycles. The van der Waals surface area contributed by atoms with E-state index in [1.54, 1.807) is 4.90 Å². The van der Waals surface area contributed by atoms with Crippen LogP contribution in [0.1, 0.15) is 25.3 Å². The summed E-state index contributed by atoms with van der Waals surface area (Å²) in [5, 5.41) is 0. The molecule has 1 aliphatic rings. The van der Waals surface area contributed by atoms with Crippen molar-refractivity contribution in [1.29, 1.82) is 0 Å². The molecule has 1 aliphatic heterocycles. The second-order valence-electron chi connectivity index (χ2n) is 5.22. The standard InChI is InChI=1S/C16H22N2O3/c1-3-4-11-21-16(20)17-9-10-18(15(19)12-17)14-8-6-5-7-13(14)2/h5-8H,3-4,9-12H2,1-2H3. The second-order valence-corrected chi connectivity index (χ2v) is 5.22. The van der Waals surface area contributed by atoms with Gasteiger partial charge in [-0.2, -0.15) is 0 Å². The van der Waals surface area contributed by atoms with Crippen LogP contribution < -0.4 is 4.90 Å². The van der Waals surface area contributed by atoms with Crippen molar-refractivity contribution in [1.82, 2.24) is 4.90 Å². The van der Waals surface area contributed by atoms with Crippen LogP contribution in [0.15, 0.2) is 24.3 Å². The van der Waals surface area contributed by atoms with Gasteiger partial charge in [0.15, 0.2) is 0 Å². The number of hydrogen-bond acceptors (Lipinski definition) is 3. The SMILES string of the molecule is CCCCOC(=O)N1CCN(c2ccccc2C)C(=O)C1. The Balaban J connectivity index is 1.95. The maximum Gasteiger partial charge on any atom is 0.410 e. The van der Waals surface area contributed by atoms with Gasteiger partial charge < -0.3 is 9.64 Å². The summed E-state index contributed by atoms with van der Waals surface area (Å²) in [5.74, 6) is -0.0667. The fourth-order valence-corrected chi connectivity index (χ4v) is 2.35. The summed E-state index contributed by atoms with van der Waals surface area (Å²) in [6, 6.07) is 7.78. The average molecular weight is 290 g/mol. The van der Waals surface area contributed by atoms with Gasteiger partial charge in [-0.05, 0) is 25.0 Å². The Bertz CT molecular complexity index is 516. The quantitative estimate of drug-likeness (QED) is 0.801. The van der Waals surface area contributed by atoms with Crippen LogP contribution in [-0.4, -0.2) is 43.1 Å². The van der Waals surface area contributed by atoms with Gasteiger partial charge in [0.05, 0.1) is 6.61 Å². The molecular weight excluding hydrogens is 268 g/mol. The Morgan fingerprint density at radius 1 is 1.29 bits per heavy atom. The minimum atomic E-state index is -0.388. The number of anilines is 1. The second kappa shape index (κ2) is 7.11. The Labute approximate surface area is 125 Å². The topological polar surface area (TPSA) is 49.9 Å². The molecule has 0 spiro atoms. The summed E-state index contributed by atoms with van der Waals surface area (Å²) in [6.45, 7) is 5.53. The predicted octanol–water partition coefficient (Wildman–Crippen LogP) is 2.58. The molecule has 5 heteroatoms. The van der Waals surface area contributed by atoms with Crippen molar-refractivity contribution in [3.63, 3.8) is 0 Å². The predicted molar refractivity (Wildman–Crippen MR) is 81.4 cm³/mol. The number of aryl methyl sites for hydroxylation is 1. The molecule has 0 aromatic heterocycles. The van der Waals surface area contributed by atoms with Gasteiger partial charge in [-0.25, -0.2) is 4.79 Å². The third kappa shape index (κ3) is 3.74. The average Bonchev–Trinajstić information content (AvgIpc) is 2.48. The molecule has 0 atom stereocenters. The Kier molecular flexibility index (Phi) is 5.20. The molecule has 114 valence electrons. The largest absolute Gasteiger partial charge is 0.449 e. The first-order chi connectivity index (χ1) is 10.1. The maximum absolute atomic E-state index is 12.3. The molecule has 0 unspecified atom stereocenters. The lowest BCUT2D eigenvalue weighted by Crippen LogP contribution is -2.52. The van der Waals surface area contributed by atoms with E-state index in [2.05, 4.69) is 0 Å². The van der Waals surface area contributed by atoms with E-state index in [9.17, 15) is 9.59 Å². The molecular formula is C16H22N2O3. The van der Waals surface area contributed by atoms with E-state index in [0.29, 0.717) is 19.7 Å². The lowest BCUT2D eigenvalue weighted by Gasteiger charge is -2.34. The molecule has 0 radical (unpaired) electrons. The zero-order chi connectivity index (χ0) is 15.2. The number of para-hydroxylation sites is 1. The van der Waals surface area contributed by atoms with Gasteiger partial charge in [-0.3, -0.25) is 9.69 Å². The molecule has 2 rings (SSSR count). The Hall–Kier alpha value is -2.04. The Morgan fingerprint density at radius 2 is 2.05 bits per heavy atom. The highest BCUT2D eigenvalue weighted by Gasteiger charge is 2.29. The van der Waals surface area contributed by atoms with Gasteiger partial charge in [-0.1, -0.05) is 31.5 Å². The highest BCUT2D eigenvalue weighted by atomic mass is 16.6. The number of carbonyl (C=O) groups is 2. The van der Waals surface area contributed by atoms with Crippen molar-refractivity contribution in [2.75, 3.05) is 31.1 Å². The third-order valence-electron chi connectivity index (χ3n) is 3.61. The van der Waals surface area contributed by atoms with Crippen molar-refractivity contribution in [2.45, 2.75) is 26.7 Å². The van der Waals surface area contributed by atoms with Crippen LogP contribution in [0.25, 0.3) is 0 Å². The molecule has 2 amide bonds. The van der Waals surface area contributed by atoms with Crippen molar-refractivity contribution in [3.8, 4) is 0 Å². The van der Waals surface area contributed by atoms with Gasteiger partial charge in [0.1, 0.15) is 6.54 Å². The Morgan fingerprint density at radius 3 is 2.71 bits per heavy atom. The molecule has 0 bridgehead atoms. The van der Waals surface area contributed by atoms with E-state index in [1.165, 1.54) is 4.90 Å². The number of carbonyl (C=O) groups excluding carboxylic acids is 2. The fourth-order valence-electron chi connectivity index (χ4n) is 2.35. The molecule has 21 heavy (non-hydrogen) atoms. The molecule has 1 aromatic carbocycles. The lowest BCUT2D eigenvalue weighted by molar-refractivity contribution is -0.120. The van der Waals surface area contributed by atoms with E-state index in [1.807, 2.05) is 38.1 Å². The maximum atomic E-state index is 12.3. The normalized spacial score (nSPS) is 15.2. The molecule has 5 nitrogen and oxygen atoms in total. The summed E-state index contributed by atoms with van der Waals surface area (Å²) in [4.78, 5) is 27.3. The fraction of sp³-hybridized carbons (Fsp3) is 0.500. The van der Waals surface area contributed by atoms with Crippen LogP contribution in [-0.2, 0) is 9.53 Å². The number of piperazine rings is 1. The van der Waals surface area contributed by atoms with E-state index in [4.69, 9.17) is 4.74 Å².